The molecule has 0 saturated heterocycles. The summed E-state index contributed by atoms with van der Waals surface area (Å²) in [6, 6.07) is 18.6. The fraction of sp³-hybridized carbons (Fsp3) is 0.211. The van der Waals surface area contributed by atoms with Crippen molar-refractivity contribution in [1.29, 1.82) is 0 Å². The summed E-state index contributed by atoms with van der Waals surface area (Å²) < 4.78 is 5.20. The quantitative estimate of drug-likeness (QED) is 0.772. The molecule has 2 N–H and O–H groups in total. The van der Waals surface area contributed by atoms with E-state index >= 15 is 0 Å². The van der Waals surface area contributed by atoms with Gasteiger partial charge >= 0.3 is 6.09 Å². The van der Waals surface area contributed by atoms with Crippen molar-refractivity contribution in [2.24, 2.45) is 0 Å². The van der Waals surface area contributed by atoms with Gasteiger partial charge in [-0.15, -0.1) is 6.58 Å². The van der Waals surface area contributed by atoms with Gasteiger partial charge in [-0.1, -0.05) is 66.7 Å². The average Bonchev–Trinajstić information content (AvgIpc) is 2.61. The van der Waals surface area contributed by atoms with Crippen LogP contribution in [0.4, 0.5) is 4.79 Å². The Kier molecular flexibility index (Phi) is 6.39. The first kappa shape index (κ1) is 16.8. The maximum absolute atomic E-state index is 12.0. The minimum atomic E-state index is -0.560. The number of nitrogens with one attached hydrogen (secondary N) is 1. The number of carbonyl (C=O) groups excluding carboxylic acids is 1. The topological polar surface area (TPSA) is 58.6 Å². The molecule has 0 aliphatic rings. The van der Waals surface area contributed by atoms with Crippen molar-refractivity contribution in [3.05, 3.63) is 84.4 Å². The molecular weight excluding hydrogens is 290 g/mol. The second-order valence-electron chi connectivity index (χ2n) is 5.17. The van der Waals surface area contributed by atoms with Crippen LogP contribution >= 0.6 is 0 Å². The molecule has 2 aromatic carbocycles. The molecule has 0 aliphatic heterocycles. The number of rotatable bonds is 7. The number of ether oxygens (including phenoxy) is 1. The molecule has 2 aromatic rings. The summed E-state index contributed by atoms with van der Waals surface area (Å²) in [5, 5.41) is 12.3. The maximum Gasteiger partial charge on any atom is 0.407 e. The van der Waals surface area contributed by atoms with E-state index < -0.39 is 12.1 Å². The van der Waals surface area contributed by atoms with E-state index in [1.54, 1.807) is 6.08 Å². The zero-order valence-corrected chi connectivity index (χ0v) is 12.9. The summed E-state index contributed by atoms with van der Waals surface area (Å²) in [7, 11) is 0. The largest absolute Gasteiger partial charge is 0.445 e. The van der Waals surface area contributed by atoms with Crippen LogP contribution in [0.1, 0.15) is 17.0 Å². The van der Waals surface area contributed by atoms with Gasteiger partial charge in [-0.25, -0.2) is 4.79 Å². The third-order valence-electron chi connectivity index (χ3n) is 3.58. The van der Waals surface area contributed by atoms with E-state index in [-0.39, 0.29) is 19.1 Å². The molecule has 2 atom stereocenters. The molecule has 0 fully saturated rings. The molecule has 0 saturated carbocycles. The Morgan fingerprint density at radius 1 is 1.13 bits per heavy atom. The van der Waals surface area contributed by atoms with Gasteiger partial charge in [-0.2, -0.15) is 0 Å². The average molecular weight is 311 g/mol. The van der Waals surface area contributed by atoms with Gasteiger partial charge in [0.15, 0.2) is 0 Å². The minimum Gasteiger partial charge on any atom is -0.445 e. The standard InChI is InChI=1S/C19H21NO3/c1-2-17(16-11-7-4-8-12-16)18(13-21)20-19(22)23-14-15-9-5-3-6-10-15/h2-12,17-18,21H,1,13-14H2,(H,20,22)/t17-,18-/m0/s1. The lowest BCUT2D eigenvalue weighted by Crippen LogP contribution is -2.41. The Labute approximate surface area is 136 Å². The summed E-state index contributed by atoms with van der Waals surface area (Å²) in [6.45, 7) is 3.79. The monoisotopic (exact) mass is 311 g/mol. The minimum absolute atomic E-state index is 0.189. The second-order valence-corrected chi connectivity index (χ2v) is 5.17. The molecule has 0 spiro atoms. The Balaban J connectivity index is 1.95. The molecule has 23 heavy (non-hydrogen) atoms. The molecule has 4 heteroatoms. The van der Waals surface area contributed by atoms with Gasteiger partial charge in [0.1, 0.15) is 6.61 Å². The lowest BCUT2D eigenvalue weighted by atomic mass is 9.92. The van der Waals surface area contributed by atoms with Gasteiger partial charge in [-0.3, -0.25) is 0 Å². The van der Waals surface area contributed by atoms with Crippen LogP contribution in [0.2, 0.25) is 0 Å². The number of hydrogen-bond acceptors (Lipinski definition) is 3. The highest BCUT2D eigenvalue weighted by Crippen LogP contribution is 2.20. The summed E-state index contributed by atoms with van der Waals surface area (Å²) >= 11 is 0. The molecule has 4 nitrogen and oxygen atoms in total. The van der Waals surface area contributed by atoms with Gasteiger partial charge in [0.25, 0.3) is 0 Å². The van der Waals surface area contributed by atoms with Crippen LogP contribution in [0.25, 0.3) is 0 Å². The van der Waals surface area contributed by atoms with E-state index in [4.69, 9.17) is 4.74 Å². The summed E-state index contributed by atoms with van der Waals surface area (Å²) in [6.07, 6.45) is 1.16. The fourth-order valence-electron chi connectivity index (χ4n) is 2.37. The molecule has 1 amide bonds. The predicted octanol–water partition coefficient (Wildman–Crippen LogP) is 3.24. The van der Waals surface area contributed by atoms with Gasteiger partial charge in [0, 0.05) is 5.92 Å². The first-order valence-corrected chi connectivity index (χ1v) is 7.50. The molecule has 0 aromatic heterocycles. The van der Waals surface area contributed by atoms with Crippen molar-refractivity contribution in [2.45, 2.75) is 18.6 Å². The van der Waals surface area contributed by atoms with Gasteiger partial charge in [0.05, 0.1) is 12.6 Å². The summed E-state index contributed by atoms with van der Waals surface area (Å²) in [5.74, 6) is -0.189. The zero-order chi connectivity index (χ0) is 16.5. The van der Waals surface area contributed by atoms with E-state index in [0.717, 1.165) is 11.1 Å². The molecule has 0 heterocycles. The van der Waals surface area contributed by atoms with Crippen LogP contribution in [0.15, 0.2) is 73.3 Å². The molecule has 2 rings (SSSR count). The number of hydrogen-bond donors (Lipinski definition) is 2. The first-order valence-electron chi connectivity index (χ1n) is 7.50. The lowest BCUT2D eigenvalue weighted by Gasteiger charge is -2.24. The molecule has 0 unspecified atom stereocenters. The third kappa shape index (κ3) is 4.97. The smallest absolute Gasteiger partial charge is 0.407 e. The maximum atomic E-state index is 12.0. The van der Waals surface area contributed by atoms with Gasteiger partial charge in [-0.05, 0) is 11.1 Å². The molecule has 120 valence electrons. The van der Waals surface area contributed by atoms with E-state index in [1.807, 2.05) is 60.7 Å². The fourth-order valence-corrected chi connectivity index (χ4v) is 2.37. The van der Waals surface area contributed by atoms with Gasteiger partial charge < -0.3 is 15.2 Å². The zero-order valence-electron chi connectivity index (χ0n) is 12.9. The third-order valence-corrected chi connectivity index (χ3v) is 3.58. The highest BCUT2D eigenvalue weighted by Gasteiger charge is 2.22. The van der Waals surface area contributed by atoms with Gasteiger partial charge in [0.2, 0.25) is 0 Å². The number of alkyl carbamates (subject to hydrolysis) is 1. The van der Waals surface area contributed by atoms with Crippen LogP contribution in [-0.2, 0) is 11.3 Å². The van der Waals surface area contributed by atoms with Crippen molar-refractivity contribution in [1.82, 2.24) is 5.32 Å². The van der Waals surface area contributed by atoms with Crippen molar-refractivity contribution in [2.75, 3.05) is 6.61 Å². The number of benzene rings is 2. The number of aliphatic hydroxyl groups excluding tert-OH is 1. The SMILES string of the molecule is C=C[C@@H](c1ccccc1)[C@H](CO)NC(=O)OCc1ccccc1. The van der Waals surface area contributed by atoms with Crippen molar-refractivity contribution < 1.29 is 14.6 Å². The molecule has 0 aliphatic carbocycles. The Hall–Kier alpha value is -2.59. The normalized spacial score (nSPS) is 12.9. The first-order chi connectivity index (χ1) is 11.2. The Morgan fingerprint density at radius 2 is 1.74 bits per heavy atom. The van der Waals surface area contributed by atoms with Crippen LogP contribution < -0.4 is 5.32 Å². The summed E-state index contributed by atoms with van der Waals surface area (Å²) in [4.78, 5) is 12.0. The second kappa shape index (κ2) is 8.76. The van der Waals surface area contributed by atoms with E-state index in [0.29, 0.717) is 0 Å². The van der Waals surface area contributed by atoms with E-state index in [9.17, 15) is 9.90 Å². The molecular formula is C19H21NO3. The van der Waals surface area contributed by atoms with E-state index in [1.165, 1.54) is 0 Å². The van der Waals surface area contributed by atoms with E-state index in [2.05, 4.69) is 11.9 Å². The highest BCUT2D eigenvalue weighted by atomic mass is 16.5. The van der Waals surface area contributed by atoms with Crippen LogP contribution in [0, 0.1) is 0 Å². The van der Waals surface area contributed by atoms with Crippen molar-refractivity contribution >= 4 is 6.09 Å². The lowest BCUT2D eigenvalue weighted by molar-refractivity contribution is 0.127. The Morgan fingerprint density at radius 3 is 2.30 bits per heavy atom. The number of carbonyl (C=O) groups is 1. The Bertz CT molecular complexity index is 613. The predicted molar refractivity (Wildman–Crippen MR) is 90.0 cm³/mol. The van der Waals surface area contributed by atoms with Crippen LogP contribution in [-0.4, -0.2) is 23.8 Å². The van der Waals surface area contributed by atoms with Crippen molar-refractivity contribution in [3.8, 4) is 0 Å². The number of amides is 1. The number of aliphatic hydroxyl groups is 1. The van der Waals surface area contributed by atoms with Crippen molar-refractivity contribution in [3.63, 3.8) is 0 Å². The molecule has 0 bridgehead atoms. The van der Waals surface area contributed by atoms with Crippen LogP contribution in [0.3, 0.4) is 0 Å². The highest BCUT2D eigenvalue weighted by molar-refractivity contribution is 5.68. The van der Waals surface area contributed by atoms with Crippen LogP contribution in [0.5, 0.6) is 0 Å². The molecule has 0 radical (unpaired) electrons. The summed E-state index contributed by atoms with van der Waals surface area (Å²) in [5.41, 5.74) is 1.89.